The van der Waals surface area contributed by atoms with Gasteiger partial charge in [-0.15, -0.1) is 0 Å². The number of amides is 1. The van der Waals surface area contributed by atoms with Gasteiger partial charge in [-0.2, -0.15) is 4.31 Å². The van der Waals surface area contributed by atoms with Crippen LogP contribution in [0.4, 0.5) is 10.1 Å². The third kappa shape index (κ3) is 4.31. The van der Waals surface area contributed by atoms with Gasteiger partial charge < -0.3 is 5.32 Å². The number of sulfonamides is 1. The third-order valence-corrected chi connectivity index (χ3v) is 6.51. The summed E-state index contributed by atoms with van der Waals surface area (Å²) >= 11 is 3.20. The number of benzene rings is 2. The summed E-state index contributed by atoms with van der Waals surface area (Å²) in [7, 11) is -3.66. The van der Waals surface area contributed by atoms with E-state index in [1.807, 2.05) is 0 Å². The molecule has 0 saturated heterocycles. The highest BCUT2D eigenvalue weighted by Gasteiger charge is 2.23. The molecule has 0 atom stereocenters. The predicted molar refractivity (Wildman–Crippen MR) is 103 cm³/mol. The molecule has 2 aromatic carbocycles. The summed E-state index contributed by atoms with van der Waals surface area (Å²) in [6.07, 6.45) is 0. The van der Waals surface area contributed by atoms with Gasteiger partial charge >= 0.3 is 0 Å². The number of nitrogens with one attached hydrogen (secondary N) is 1. The Morgan fingerprint density at radius 1 is 1.15 bits per heavy atom. The second-order valence-electron chi connectivity index (χ2n) is 5.64. The number of halogens is 2. The average Bonchev–Trinajstić information content (AvgIpc) is 2.59. The van der Waals surface area contributed by atoms with E-state index >= 15 is 0 Å². The minimum Gasteiger partial charge on any atom is -0.322 e. The first kappa shape index (κ1) is 20.5. The Labute approximate surface area is 161 Å². The zero-order valence-corrected chi connectivity index (χ0v) is 17.1. The van der Waals surface area contributed by atoms with Crippen molar-refractivity contribution in [3.8, 4) is 0 Å². The van der Waals surface area contributed by atoms with Crippen LogP contribution in [-0.4, -0.2) is 31.7 Å². The van der Waals surface area contributed by atoms with E-state index in [9.17, 15) is 17.6 Å². The fourth-order valence-electron chi connectivity index (χ4n) is 2.47. The second kappa shape index (κ2) is 8.28. The van der Waals surface area contributed by atoms with Crippen LogP contribution >= 0.6 is 15.9 Å². The highest BCUT2D eigenvalue weighted by molar-refractivity contribution is 9.10. The van der Waals surface area contributed by atoms with Gasteiger partial charge in [-0.05, 0) is 42.8 Å². The molecular weight excluding hydrogens is 423 g/mol. The second-order valence-corrected chi connectivity index (χ2v) is 8.50. The Morgan fingerprint density at radius 3 is 2.42 bits per heavy atom. The minimum absolute atomic E-state index is 0.0804. The van der Waals surface area contributed by atoms with Crippen LogP contribution in [0.15, 0.2) is 45.8 Å². The molecule has 1 N–H and O–H groups in total. The van der Waals surface area contributed by atoms with E-state index in [2.05, 4.69) is 21.2 Å². The lowest BCUT2D eigenvalue weighted by atomic mass is 10.1. The van der Waals surface area contributed by atoms with Crippen molar-refractivity contribution in [2.45, 2.75) is 25.7 Å². The largest absolute Gasteiger partial charge is 0.322 e. The molecule has 0 spiro atoms. The first-order chi connectivity index (χ1) is 12.2. The number of carbonyl (C=O) groups excluding carboxylic acids is 1. The lowest BCUT2D eigenvalue weighted by molar-refractivity contribution is 0.102. The molecule has 26 heavy (non-hydrogen) atoms. The average molecular weight is 443 g/mol. The standard InChI is InChI=1S/C18H20BrFN2O3S/c1-4-22(5-2)26(24,25)14-8-6-12(3)17(11-14)21-18(23)15-10-13(19)7-9-16(15)20/h6-11H,4-5H2,1-3H3,(H,21,23). The highest BCUT2D eigenvalue weighted by Crippen LogP contribution is 2.24. The third-order valence-electron chi connectivity index (χ3n) is 3.97. The lowest BCUT2D eigenvalue weighted by Gasteiger charge is -2.19. The molecule has 0 aromatic heterocycles. The maximum absolute atomic E-state index is 13.9. The van der Waals surface area contributed by atoms with Gasteiger partial charge in [0.05, 0.1) is 10.5 Å². The molecule has 0 fully saturated rings. The Hall–Kier alpha value is -1.77. The van der Waals surface area contributed by atoms with Crippen molar-refractivity contribution in [3.63, 3.8) is 0 Å². The summed E-state index contributed by atoms with van der Waals surface area (Å²) in [5, 5.41) is 2.60. The van der Waals surface area contributed by atoms with E-state index in [-0.39, 0.29) is 10.5 Å². The zero-order valence-electron chi connectivity index (χ0n) is 14.7. The van der Waals surface area contributed by atoms with Crippen LogP contribution in [0.3, 0.4) is 0 Å². The lowest BCUT2D eigenvalue weighted by Crippen LogP contribution is -2.30. The smallest absolute Gasteiger partial charge is 0.258 e. The van der Waals surface area contributed by atoms with Crippen LogP contribution in [0.2, 0.25) is 0 Å². The Bertz CT molecular complexity index is 928. The van der Waals surface area contributed by atoms with Crippen molar-refractivity contribution in [2.24, 2.45) is 0 Å². The Balaban J connectivity index is 2.39. The van der Waals surface area contributed by atoms with Gasteiger partial charge in [0.1, 0.15) is 5.82 Å². The quantitative estimate of drug-likeness (QED) is 0.729. The normalized spacial score (nSPS) is 11.6. The van der Waals surface area contributed by atoms with Crippen LogP contribution in [0, 0.1) is 12.7 Å². The summed E-state index contributed by atoms with van der Waals surface area (Å²) in [6, 6.07) is 8.57. The number of nitrogens with zero attached hydrogens (tertiary/aromatic N) is 1. The molecule has 0 aliphatic carbocycles. The number of aryl methyl sites for hydroxylation is 1. The van der Waals surface area contributed by atoms with Crippen molar-refractivity contribution < 1.29 is 17.6 Å². The van der Waals surface area contributed by atoms with Crippen LogP contribution in [0.25, 0.3) is 0 Å². The Kier molecular flexibility index (Phi) is 6.54. The van der Waals surface area contributed by atoms with Gasteiger partial charge in [0.15, 0.2) is 0 Å². The van der Waals surface area contributed by atoms with Crippen LogP contribution in [0.1, 0.15) is 29.8 Å². The number of hydrogen-bond donors (Lipinski definition) is 1. The molecule has 0 radical (unpaired) electrons. The van der Waals surface area contributed by atoms with Crippen molar-refractivity contribution in [1.82, 2.24) is 4.31 Å². The van der Waals surface area contributed by atoms with Crippen LogP contribution in [-0.2, 0) is 10.0 Å². The summed E-state index contributed by atoms with van der Waals surface area (Å²) in [5.74, 6) is -1.31. The molecule has 0 unspecified atom stereocenters. The maximum atomic E-state index is 13.9. The molecule has 2 aromatic rings. The molecule has 0 aliphatic rings. The minimum atomic E-state index is -3.66. The highest BCUT2D eigenvalue weighted by atomic mass is 79.9. The van der Waals surface area contributed by atoms with Crippen molar-refractivity contribution in [2.75, 3.05) is 18.4 Å². The predicted octanol–water partition coefficient (Wildman–Crippen LogP) is 4.18. The molecular formula is C18H20BrFN2O3S. The topological polar surface area (TPSA) is 66.5 Å². The van der Waals surface area contributed by atoms with E-state index in [4.69, 9.17) is 0 Å². The number of rotatable bonds is 6. The molecule has 5 nitrogen and oxygen atoms in total. The fourth-order valence-corrected chi connectivity index (χ4v) is 4.32. The van der Waals surface area contributed by atoms with E-state index in [0.717, 1.165) is 0 Å². The summed E-state index contributed by atoms with van der Waals surface area (Å²) in [5.41, 5.74) is 0.866. The van der Waals surface area contributed by atoms with E-state index in [0.29, 0.717) is 28.8 Å². The van der Waals surface area contributed by atoms with Crippen LogP contribution < -0.4 is 5.32 Å². The van der Waals surface area contributed by atoms with Gasteiger partial charge in [0.2, 0.25) is 10.0 Å². The van der Waals surface area contributed by atoms with Gasteiger partial charge in [0.25, 0.3) is 5.91 Å². The van der Waals surface area contributed by atoms with E-state index in [1.54, 1.807) is 26.8 Å². The maximum Gasteiger partial charge on any atom is 0.258 e. The van der Waals surface area contributed by atoms with Gasteiger partial charge in [-0.3, -0.25) is 4.79 Å². The first-order valence-corrected chi connectivity index (χ1v) is 10.3. The number of anilines is 1. The molecule has 0 saturated carbocycles. The molecule has 0 aliphatic heterocycles. The molecule has 2 rings (SSSR count). The van der Waals surface area contributed by atoms with Gasteiger partial charge in [-0.25, -0.2) is 12.8 Å². The fraction of sp³-hybridized carbons (Fsp3) is 0.278. The Morgan fingerprint density at radius 2 is 1.81 bits per heavy atom. The zero-order chi connectivity index (χ0) is 19.5. The van der Waals surface area contributed by atoms with E-state index in [1.165, 1.54) is 34.6 Å². The summed E-state index contributed by atoms with van der Waals surface area (Å²) < 4.78 is 41.1. The molecule has 8 heteroatoms. The molecule has 0 heterocycles. The van der Waals surface area contributed by atoms with Crippen molar-refractivity contribution >= 4 is 37.5 Å². The summed E-state index contributed by atoms with van der Waals surface area (Å²) in [4.78, 5) is 12.5. The van der Waals surface area contributed by atoms with E-state index < -0.39 is 21.7 Å². The SMILES string of the molecule is CCN(CC)S(=O)(=O)c1ccc(C)c(NC(=O)c2cc(Br)ccc2F)c1. The van der Waals surface area contributed by atoms with Gasteiger partial charge in [0, 0.05) is 23.2 Å². The van der Waals surface area contributed by atoms with Crippen molar-refractivity contribution in [1.29, 1.82) is 0 Å². The van der Waals surface area contributed by atoms with Gasteiger partial charge in [-0.1, -0.05) is 35.8 Å². The van der Waals surface area contributed by atoms with Crippen molar-refractivity contribution in [3.05, 3.63) is 57.8 Å². The number of carbonyl (C=O) groups is 1. The number of hydrogen-bond acceptors (Lipinski definition) is 3. The summed E-state index contributed by atoms with van der Waals surface area (Å²) in [6.45, 7) is 5.94. The first-order valence-electron chi connectivity index (χ1n) is 8.07. The monoisotopic (exact) mass is 442 g/mol. The van der Waals surface area contributed by atoms with Crippen LogP contribution in [0.5, 0.6) is 0 Å². The molecule has 140 valence electrons. The molecule has 1 amide bonds. The molecule has 0 bridgehead atoms.